The Morgan fingerprint density at radius 2 is 1.91 bits per heavy atom. The molecule has 0 spiro atoms. The minimum atomic E-state index is -3.73. The number of ether oxygens (including phenoxy) is 1. The number of hydrogen-bond acceptors (Lipinski definition) is 7. The molecule has 9 nitrogen and oxygen atoms in total. The summed E-state index contributed by atoms with van der Waals surface area (Å²) in [5.41, 5.74) is 4.17. The van der Waals surface area contributed by atoms with Crippen LogP contribution < -0.4 is 5.56 Å². The Morgan fingerprint density at radius 3 is 2.62 bits per heavy atom. The van der Waals surface area contributed by atoms with E-state index in [9.17, 15) is 17.6 Å². The third-order valence-electron chi connectivity index (χ3n) is 9.59. The van der Waals surface area contributed by atoms with Crippen LogP contribution in [0.4, 0.5) is 4.39 Å². The van der Waals surface area contributed by atoms with E-state index in [2.05, 4.69) is 5.16 Å². The Balaban J connectivity index is 1.40. The number of benzene rings is 2. The van der Waals surface area contributed by atoms with E-state index in [1.807, 2.05) is 54.9 Å². The standard InChI is InChI=1S/C36H35FN4O5S/c1-21(2)27-20-47(43,44)36-33(25-6-8-30-24(16-25)9-12-41(30)19-23-3-5-26(18-38)28(37)15-23)34(31-17-32(42)40-46-31)29(39-35(27)36)7-4-22-10-13-45-14-11-22/h3,5-6,8-9,12,15-17,21-22,27H,4,7,10-11,13-14,19-20H2,1-2H3,(H,40,42). The van der Waals surface area contributed by atoms with E-state index in [1.54, 1.807) is 6.07 Å². The second-order valence-corrected chi connectivity index (χ2v) is 14.9. The number of hydrogen-bond donors (Lipinski definition) is 1. The molecule has 11 heteroatoms. The molecule has 1 unspecified atom stereocenters. The Kier molecular flexibility index (Phi) is 8.10. The number of nitriles is 1. The first-order valence-corrected chi connectivity index (χ1v) is 17.6. The van der Waals surface area contributed by atoms with Crippen molar-refractivity contribution in [1.82, 2.24) is 14.7 Å². The van der Waals surface area contributed by atoms with Crippen molar-refractivity contribution in [3.05, 3.63) is 93.4 Å². The van der Waals surface area contributed by atoms with E-state index in [0.29, 0.717) is 46.8 Å². The lowest BCUT2D eigenvalue weighted by Gasteiger charge is -2.23. The molecular formula is C36H35FN4O5S. The lowest BCUT2D eigenvalue weighted by molar-refractivity contribution is 0.0639. The Labute approximate surface area is 271 Å². The summed E-state index contributed by atoms with van der Waals surface area (Å²) in [5.74, 6) is -0.0908. The number of nitrogens with zero attached hydrogens (tertiary/aromatic N) is 3. The van der Waals surface area contributed by atoms with Crippen LogP contribution in [0.1, 0.15) is 61.5 Å². The van der Waals surface area contributed by atoms with Gasteiger partial charge in [0.05, 0.1) is 39.2 Å². The lowest BCUT2D eigenvalue weighted by atomic mass is 9.87. The molecule has 1 N–H and O–H groups in total. The number of aryl methyl sites for hydroxylation is 1. The number of H-pyrrole nitrogens is 1. The smallest absolute Gasteiger partial charge is 0.280 e. The number of sulfone groups is 1. The van der Waals surface area contributed by atoms with Crippen LogP contribution >= 0.6 is 0 Å². The average molecular weight is 655 g/mol. The lowest BCUT2D eigenvalue weighted by Crippen LogP contribution is -2.17. The minimum Gasteiger partial charge on any atom is -0.381 e. The molecule has 5 aromatic rings. The third-order valence-corrected chi connectivity index (χ3v) is 11.4. The van der Waals surface area contributed by atoms with Gasteiger partial charge in [0.15, 0.2) is 15.6 Å². The van der Waals surface area contributed by atoms with Gasteiger partial charge in [0, 0.05) is 48.3 Å². The van der Waals surface area contributed by atoms with Gasteiger partial charge in [0.1, 0.15) is 11.9 Å². The van der Waals surface area contributed by atoms with Gasteiger partial charge in [-0.25, -0.2) is 12.8 Å². The molecule has 5 heterocycles. The van der Waals surface area contributed by atoms with Gasteiger partial charge in [0.25, 0.3) is 5.56 Å². The molecule has 2 aliphatic heterocycles. The van der Waals surface area contributed by atoms with Crippen molar-refractivity contribution in [2.24, 2.45) is 11.8 Å². The van der Waals surface area contributed by atoms with Crippen molar-refractivity contribution in [3.63, 3.8) is 0 Å². The van der Waals surface area contributed by atoms with Crippen LogP contribution in [-0.2, 0) is 27.5 Å². The van der Waals surface area contributed by atoms with Crippen LogP contribution in [0, 0.1) is 29.0 Å². The average Bonchev–Trinajstić information content (AvgIpc) is 3.74. The van der Waals surface area contributed by atoms with Gasteiger partial charge >= 0.3 is 0 Å². The zero-order chi connectivity index (χ0) is 32.9. The maximum atomic E-state index is 14.3. The Morgan fingerprint density at radius 1 is 1.11 bits per heavy atom. The highest BCUT2D eigenvalue weighted by atomic mass is 32.2. The summed E-state index contributed by atoms with van der Waals surface area (Å²) in [4.78, 5) is 17.7. The fourth-order valence-electron chi connectivity index (χ4n) is 7.05. The number of fused-ring (bicyclic) bond motifs is 2. The fraction of sp³-hybridized carbons (Fsp3) is 0.361. The molecule has 1 fully saturated rings. The summed E-state index contributed by atoms with van der Waals surface area (Å²) in [6, 6.07) is 15.5. The molecular weight excluding hydrogens is 619 g/mol. The molecule has 0 bridgehead atoms. The van der Waals surface area contributed by atoms with Crippen LogP contribution in [0.15, 0.2) is 68.9 Å². The number of aromatic amines is 1. The van der Waals surface area contributed by atoms with Gasteiger partial charge in [0.2, 0.25) is 0 Å². The molecule has 3 aromatic heterocycles. The van der Waals surface area contributed by atoms with Crippen molar-refractivity contribution in [2.45, 2.75) is 56.9 Å². The van der Waals surface area contributed by atoms with E-state index in [0.717, 1.165) is 49.1 Å². The predicted octanol–water partition coefficient (Wildman–Crippen LogP) is 6.60. The first-order valence-electron chi connectivity index (χ1n) is 16.0. The van der Waals surface area contributed by atoms with E-state index >= 15 is 0 Å². The SMILES string of the molecule is CC(C)C1CS(=O)(=O)c2c1nc(CCC1CCOCC1)c(-c1cc(=O)[nH]o1)c2-c1ccc2c(ccn2Cc2ccc(C#N)c(F)c2)c1. The van der Waals surface area contributed by atoms with Crippen LogP contribution in [0.25, 0.3) is 33.4 Å². The molecule has 0 aliphatic carbocycles. The molecule has 0 radical (unpaired) electrons. The summed E-state index contributed by atoms with van der Waals surface area (Å²) < 4.78 is 55.6. The van der Waals surface area contributed by atoms with E-state index in [-0.39, 0.29) is 33.8 Å². The quantitative estimate of drug-likeness (QED) is 0.200. The Bertz CT molecular complexity index is 2200. The van der Waals surface area contributed by atoms with E-state index in [4.69, 9.17) is 19.5 Å². The van der Waals surface area contributed by atoms with Crippen molar-refractivity contribution in [1.29, 1.82) is 5.26 Å². The topological polar surface area (TPSA) is 131 Å². The van der Waals surface area contributed by atoms with Gasteiger partial charge in [-0.05, 0) is 79.0 Å². The summed E-state index contributed by atoms with van der Waals surface area (Å²) in [5, 5.41) is 12.3. The van der Waals surface area contributed by atoms with E-state index in [1.165, 1.54) is 18.2 Å². The highest BCUT2D eigenvalue weighted by Crippen LogP contribution is 2.48. The highest BCUT2D eigenvalue weighted by molar-refractivity contribution is 7.92. The van der Waals surface area contributed by atoms with Gasteiger partial charge < -0.3 is 13.8 Å². The second kappa shape index (κ2) is 12.2. The normalized spacial score (nSPS) is 17.7. The molecule has 1 saturated heterocycles. The summed E-state index contributed by atoms with van der Waals surface area (Å²) in [7, 11) is -3.73. The van der Waals surface area contributed by atoms with Gasteiger partial charge in [-0.2, -0.15) is 10.4 Å². The summed E-state index contributed by atoms with van der Waals surface area (Å²) >= 11 is 0. The Hall–Kier alpha value is -4.53. The first kappa shape index (κ1) is 31.1. The zero-order valence-electron chi connectivity index (χ0n) is 26.3. The zero-order valence-corrected chi connectivity index (χ0v) is 27.1. The molecule has 242 valence electrons. The largest absolute Gasteiger partial charge is 0.381 e. The van der Waals surface area contributed by atoms with Crippen LogP contribution in [0.5, 0.6) is 0 Å². The van der Waals surface area contributed by atoms with Crippen molar-refractivity contribution in [3.8, 4) is 28.5 Å². The van der Waals surface area contributed by atoms with Gasteiger partial charge in [-0.15, -0.1) is 0 Å². The maximum absolute atomic E-state index is 14.3. The van der Waals surface area contributed by atoms with E-state index < -0.39 is 21.2 Å². The second-order valence-electron chi connectivity index (χ2n) is 13.0. The maximum Gasteiger partial charge on any atom is 0.280 e. The number of nitrogens with one attached hydrogen (secondary N) is 1. The van der Waals surface area contributed by atoms with Crippen LogP contribution in [-0.4, -0.2) is 42.1 Å². The third kappa shape index (κ3) is 5.81. The van der Waals surface area contributed by atoms with Crippen LogP contribution in [0.3, 0.4) is 0 Å². The van der Waals surface area contributed by atoms with Crippen LogP contribution in [0.2, 0.25) is 0 Å². The number of halogens is 1. The molecule has 2 aromatic carbocycles. The molecule has 0 saturated carbocycles. The summed E-state index contributed by atoms with van der Waals surface area (Å²) in [6.07, 6.45) is 5.27. The summed E-state index contributed by atoms with van der Waals surface area (Å²) in [6.45, 7) is 5.87. The number of rotatable bonds is 8. The highest BCUT2D eigenvalue weighted by Gasteiger charge is 2.42. The monoisotopic (exact) mass is 654 g/mol. The van der Waals surface area contributed by atoms with Gasteiger partial charge in [-0.1, -0.05) is 26.0 Å². The molecule has 1 atom stereocenters. The number of aromatic nitrogens is 3. The van der Waals surface area contributed by atoms with Crippen molar-refractivity contribution in [2.75, 3.05) is 19.0 Å². The van der Waals surface area contributed by atoms with Crippen molar-refractivity contribution < 1.29 is 22.1 Å². The first-order chi connectivity index (χ1) is 22.6. The molecule has 7 rings (SSSR count). The molecule has 2 aliphatic rings. The molecule has 0 amide bonds. The minimum absolute atomic E-state index is 0.00325. The number of pyridine rings is 1. The van der Waals surface area contributed by atoms with Crippen molar-refractivity contribution >= 4 is 20.7 Å². The van der Waals surface area contributed by atoms with Gasteiger partial charge in [-0.3, -0.25) is 9.78 Å². The predicted molar refractivity (Wildman–Crippen MR) is 175 cm³/mol. The molecule has 47 heavy (non-hydrogen) atoms. The fourth-order valence-corrected chi connectivity index (χ4v) is 9.28.